The molecule has 1 aromatic carbocycles. The summed E-state index contributed by atoms with van der Waals surface area (Å²) in [6.45, 7) is 16.0. The molecule has 1 aromatic rings. The average molecular weight is 277 g/mol. The Balaban J connectivity index is 2.66. The van der Waals surface area contributed by atoms with Gasteiger partial charge in [-0.3, -0.25) is 0 Å². The molecule has 1 rings (SSSR count). The Morgan fingerprint density at radius 3 is 2.55 bits per heavy atom. The van der Waals surface area contributed by atoms with E-state index in [-0.39, 0.29) is 5.41 Å². The zero-order valence-corrected chi connectivity index (χ0v) is 14.0. The maximum Gasteiger partial charge on any atom is 0.123 e. The Morgan fingerprint density at radius 1 is 1.25 bits per heavy atom. The van der Waals surface area contributed by atoms with Crippen molar-refractivity contribution >= 4 is 0 Å². The predicted molar refractivity (Wildman–Crippen MR) is 87.7 cm³/mol. The molecule has 0 aliphatic rings. The third kappa shape index (κ3) is 5.54. The average Bonchev–Trinajstić information content (AvgIpc) is 2.36. The van der Waals surface area contributed by atoms with Crippen molar-refractivity contribution in [3.8, 4) is 5.75 Å². The highest BCUT2D eigenvalue weighted by atomic mass is 16.5. The van der Waals surface area contributed by atoms with E-state index in [1.807, 2.05) is 0 Å². The van der Waals surface area contributed by atoms with Gasteiger partial charge in [-0.25, -0.2) is 0 Å². The van der Waals surface area contributed by atoms with Crippen molar-refractivity contribution in [2.24, 2.45) is 5.41 Å². The van der Waals surface area contributed by atoms with Gasteiger partial charge >= 0.3 is 0 Å². The van der Waals surface area contributed by atoms with Gasteiger partial charge in [0.2, 0.25) is 0 Å². The summed E-state index contributed by atoms with van der Waals surface area (Å²) in [5.41, 5.74) is 2.70. The highest BCUT2D eigenvalue weighted by Gasteiger charge is 2.19. The Bertz CT molecular complexity index is 410. The smallest absolute Gasteiger partial charge is 0.123 e. The van der Waals surface area contributed by atoms with Gasteiger partial charge in [-0.15, -0.1) is 0 Å². The van der Waals surface area contributed by atoms with Gasteiger partial charge in [0.25, 0.3) is 0 Å². The van der Waals surface area contributed by atoms with E-state index in [4.69, 9.17) is 4.74 Å². The topological polar surface area (TPSA) is 21.3 Å². The normalized spacial score (nSPS) is 11.9. The van der Waals surface area contributed by atoms with E-state index in [0.717, 1.165) is 25.4 Å². The fourth-order valence-corrected chi connectivity index (χ4v) is 2.17. The molecule has 0 bridgehead atoms. The van der Waals surface area contributed by atoms with Crippen molar-refractivity contribution in [3.05, 3.63) is 29.3 Å². The van der Waals surface area contributed by atoms with Gasteiger partial charge in [0.05, 0.1) is 6.61 Å². The first kappa shape index (κ1) is 17.0. The predicted octanol–water partition coefficient (Wildman–Crippen LogP) is 4.52. The molecule has 0 aliphatic heterocycles. The van der Waals surface area contributed by atoms with Crippen molar-refractivity contribution in [3.63, 3.8) is 0 Å². The number of ether oxygens (including phenoxy) is 1. The van der Waals surface area contributed by atoms with Gasteiger partial charge in [0.15, 0.2) is 0 Å². The zero-order valence-electron chi connectivity index (χ0n) is 14.0. The van der Waals surface area contributed by atoms with Crippen LogP contribution in [0.15, 0.2) is 18.2 Å². The second kappa shape index (κ2) is 7.68. The van der Waals surface area contributed by atoms with E-state index >= 15 is 0 Å². The van der Waals surface area contributed by atoms with Crippen LogP contribution in [-0.4, -0.2) is 19.7 Å². The Kier molecular flexibility index (Phi) is 6.54. The number of hydrogen-bond acceptors (Lipinski definition) is 2. The fourth-order valence-electron chi connectivity index (χ4n) is 2.17. The lowest BCUT2D eigenvalue weighted by Crippen LogP contribution is -2.34. The molecule has 0 aliphatic carbocycles. The summed E-state index contributed by atoms with van der Waals surface area (Å²) >= 11 is 0. The molecular weight excluding hydrogens is 246 g/mol. The summed E-state index contributed by atoms with van der Waals surface area (Å²) in [5.74, 6) is 1.54. The van der Waals surface area contributed by atoms with Crippen LogP contribution in [0.3, 0.4) is 0 Å². The molecule has 0 unspecified atom stereocenters. The first-order valence-electron chi connectivity index (χ1n) is 7.80. The van der Waals surface area contributed by atoms with Crippen LogP contribution in [0.5, 0.6) is 5.75 Å². The summed E-state index contributed by atoms with van der Waals surface area (Å²) in [6, 6.07) is 6.51. The van der Waals surface area contributed by atoms with Gasteiger partial charge in [0, 0.05) is 12.0 Å². The van der Waals surface area contributed by atoms with Crippen LogP contribution in [0.2, 0.25) is 0 Å². The molecule has 20 heavy (non-hydrogen) atoms. The molecule has 2 heteroatoms. The summed E-state index contributed by atoms with van der Waals surface area (Å²) in [4.78, 5) is 0. The minimum absolute atomic E-state index is 0.146. The number of aryl methyl sites for hydroxylation is 1. The van der Waals surface area contributed by atoms with Crippen molar-refractivity contribution < 1.29 is 4.74 Å². The Hall–Kier alpha value is -1.02. The monoisotopic (exact) mass is 277 g/mol. The lowest BCUT2D eigenvalue weighted by Gasteiger charge is -2.26. The van der Waals surface area contributed by atoms with E-state index in [0.29, 0.717) is 5.92 Å². The summed E-state index contributed by atoms with van der Waals surface area (Å²) in [6.07, 6.45) is 1.17. The van der Waals surface area contributed by atoms with Gasteiger partial charge in [0.1, 0.15) is 5.75 Å². The number of rotatable bonds is 8. The molecule has 0 amide bonds. The molecule has 114 valence electrons. The zero-order chi connectivity index (χ0) is 15.2. The molecule has 0 radical (unpaired) electrons. The molecule has 0 atom stereocenters. The number of nitrogens with one attached hydrogen (secondary N) is 1. The molecule has 2 nitrogen and oxygen atoms in total. The van der Waals surface area contributed by atoms with Crippen LogP contribution in [0.25, 0.3) is 0 Å². The minimum atomic E-state index is 0.146. The third-order valence-corrected chi connectivity index (χ3v) is 3.44. The van der Waals surface area contributed by atoms with Crippen molar-refractivity contribution in [1.29, 1.82) is 0 Å². The van der Waals surface area contributed by atoms with Crippen LogP contribution in [-0.2, 0) is 0 Å². The van der Waals surface area contributed by atoms with Gasteiger partial charge < -0.3 is 10.1 Å². The third-order valence-electron chi connectivity index (χ3n) is 3.44. The summed E-state index contributed by atoms with van der Waals surface area (Å²) in [5, 5.41) is 3.48. The SMILES string of the molecule is CCCNCC(C)(C)COc1cc(C)ccc1C(C)C. The second-order valence-corrected chi connectivity index (χ2v) is 6.83. The molecule has 0 saturated heterocycles. The molecule has 0 heterocycles. The standard InChI is InChI=1S/C18H31NO/c1-7-10-19-12-18(5,6)13-20-17-11-15(4)8-9-16(17)14(2)3/h8-9,11,14,19H,7,10,12-13H2,1-6H3. The molecule has 0 saturated carbocycles. The van der Waals surface area contributed by atoms with Crippen LogP contribution in [0.1, 0.15) is 58.1 Å². The maximum atomic E-state index is 6.13. The lowest BCUT2D eigenvalue weighted by atomic mass is 9.94. The minimum Gasteiger partial charge on any atom is -0.493 e. The van der Waals surface area contributed by atoms with E-state index in [2.05, 4.69) is 65.1 Å². The van der Waals surface area contributed by atoms with E-state index in [9.17, 15) is 0 Å². The number of benzene rings is 1. The first-order valence-corrected chi connectivity index (χ1v) is 7.80. The van der Waals surface area contributed by atoms with E-state index in [1.54, 1.807) is 0 Å². The molecule has 0 aromatic heterocycles. The highest BCUT2D eigenvalue weighted by molar-refractivity contribution is 5.39. The molecule has 1 N–H and O–H groups in total. The Morgan fingerprint density at radius 2 is 1.95 bits per heavy atom. The van der Waals surface area contributed by atoms with Crippen LogP contribution < -0.4 is 10.1 Å². The van der Waals surface area contributed by atoms with Crippen molar-refractivity contribution in [2.75, 3.05) is 19.7 Å². The van der Waals surface area contributed by atoms with Crippen molar-refractivity contribution in [1.82, 2.24) is 5.32 Å². The molecule has 0 fully saturated rings. The maximum absolute atomic E-state index is 6.13. The van der Waals surface area contributed by atoms with Crippen LogP contribution >= 0.6 is 0 Å². The first-order chi connectivity index (χ1) is 9.35. The van der Waals surface area contributed by atoms with E-state index < -0.39 is 0 Å². The van der Waals surface area contributed by atoms with Crippen molar-refractivity contribution in [2.45, 2.75) is 53.9 Å². The summed E-state index contributed by atoms with van der Waals surface area (Å²) in [7, 11) is 0. The molecule has 0 spiro atoms. The Labute approximate surface area is 124 Å². The lowest BCUT2D eigenvalue weighted by molar-refractivity contribution is 0.175. The van der Waals surface area contributed by atoms with Gasteiger partial charge in [-0.05, 0) is 43.0 Å². The highest BCUT2D eigenvalue weighted by Crippen LogP contribution is 2.29. The number of hydrogen-bond donors (Lipinski definition) is 1. The van der Waals surface area contributed by atoms with Crippen LogP contribution in [0.4, 0.5) is 0 Å². The largest absolute Gasteiger partial charge is 0.493 e. The summed E-state index contributed by atoms with van der Waals surface area (Å²) < 4.78 is 6.13. The van der Waals surface area contributed by atoms with Gasteiger partial charge in [-0.1, -0.05) is 46.8 Å². The molecular formula is C18H31NO. The fraction of sp³-hybridized carbons (Fsp3) is 0.667. The second-order valence-electron chi connectivity index (χ2n) is 6.83. The van der Waals surface area contributed by atoms with E-state index in [1.165, 1.54) is 17.5 Å². The van der Waals surface area contributed by atoms with Gasteiger partial charge in [-0.2, -0.15) is 0 Å². The quantitative estimate of drug-likeness (QED) is 0.705. The van der Waals surface area contributed by atoms with Crippen LogP contribution in [0, 0.1) is 12.3 Å².